The smallest absolute Gasteiger partial charge is 0.253 e. The van der Waals surface area contributed by atoms with Crippen molar-refractivity contribution in [3.63, 3.8) is 0 Å². The molecule has 2 aromatic rings. The van der Waals surface area contributed by atoms with Crippen LogP contribution in [-0.4, -0.2) is 11.7 Å². The Balaban J connectivity index is 0.00000106. The molecule has 0 spiro atoms. The lowest BCUT2D eigenvalue weighted by Gasteiger charge is -2.13. The Bertz CT molecular complexity index is 684. The standard InChI is InChI=1S/C16H19NO2.C2H6/c1-10-6-7-13(8-15(10)19-5)14-9-17(4)16(18)12(3)11(14)2;1-2/h6-9H,1-5H3;1-2H3. The minimum atomic E-state index is 0.0559. The summed E-state index contributed by atoms with van der Waals surface area (Å²) in [6.45, 7) is 9.87. The van der Waals surface area contributed by atoms with Crippen LogP contribution in [0.1, 0.15) is 30.5 Å². The summed E-state index contributed by atoms with van der Waals surface area (Å²) in [7, 11) is 3.45. The fourth-order valence-electron chi connectivity index (χ4n) is 2.25. The normalized spacial score (nSPS) is 9.86. The van der Waals surface area contributed by atoms with Crippen molar-refractivity contribution >= 4 is 0 Å². The van der Waals surface area contributed by atoms with Gasteiger partial charge in [0.15, 0.2) is 0 Å². The zero-order valence-corrected chi connectivity index (χ0v) is 14.1. The van der Waals surface area contributed by atoms with Crippen molar-refractivity contribution in [2.75, 3.05) is 7.11 Å². The average molecular weight is 287 g/mol. The van der Waals surface area contributed by atoms with E-state index in [1.807, 2.05) is 52.9 Å². The van der Waals surface area contributed by atoms with E-state index in [-0.39, 0.29) is 5.56 Å². The van der Waals surface area contributed by atoms with Crippen LogP contribution < -0.4 is 10.3 Å². The number of aromatic nitrogens is 1. The summed E-state index contributed by atoms with van der Waals surface area (Å²) in [4.78, 5) is 11.9. The molecular weight excluding hydrogens is 262 g/mol. The number of rotatable bonds is 2. The van der Waals surface area contributed by atoms with Gasteiger partial charge in [0.05, 0.1) is 7.11 Å². The highest BCUT2D eigenvalue weighted by molar-refractivity contribution is 5.69. The number of ether oxygens (including phenoxy) is 1. The second kappa shape index (κ2) is 7.11. The maximum Gasteiger partial charge on any atom is 0.253 e. The van der Waals surface area contributed by atoms with Gasteiger partial charge in [-0.1, -0.05) is 26.0 Å². The zero-order valence-electron chi connectivity index (χ0n) is 14.1. The fraction of sp³-hybridized carbons (Fsp3) is 0.389. The molecule has 0 bridgehead atoms. The first kappa shape index (κ1) is 17.0. The number of hydrogen-bond acceptors (Lipinski definition) is 2. The first-order chi connectivity index (χ1) is 9.95. The Morgan fingerprint density at radius 3 is 2.24 bits per heavy atom. The van der Waals surface area contributed by atoms with Crippen LogP contribution in [0.2, 0.25) is 0 Å². The molecule has 0 N–H and O–H groups in total. The van der Waals surface area contributed by atoms with Crippen molar-refractivity contribution in [2.45, 2.75) is 34.6 Å². The first-order valence-corrected chi connectivity index (χ1v) is 7.27. The molecule has 114 valence electrons. The van der Waals surface area contributed by atoms with Crippen LogP contribution in [0.4, 0.5) is 0 Å². The molecule has 0 aliphatic heterocycles. The second-order valence-corrected chi connectivity index (χ2v) is 4.89. The number of methoxy groups -OCH3 is 1. The van der Waals surface area contributed by atoms with E-state index < -0.39 is 0 Å². The van der Waals surface area contributed by atoms with Crippen LogP contribution in [0.5, 0.6) is 5.75 Å². The van der Waals surface area contributed by atoms with E-state index in [1.54, 1.807) is 18.7 Å². The Hall–Kier alpha value is -2.03. The van der Waals surface area contributed by atoms with E-state index >= 15 is 0 Å². The molecule has 2 rings (SSSR count). The van der Waals surface area contributed by atoms with Gasteiger partial charge >= 0.3 is 0 Å². The van der Waals surface area contributed by atoms with Gasteiger partial charge in [0.2, 0.25) is 0 Å². The lowest BCUT2D eigenvalue weighted by atomic mass is 9.98. The van der Waals surface area contributed by atoms with Gasteiger partial charge in [-0.25, -0.2) is 0 Å². The molecule has 3 heteroatoms. The predicted molar refractivity (Wildman–Crippen MR) is 89.2 cm³/mol. The molecule has 0 radical (unpaired) electrons. The van der Waals surface area contributed by atoms with Crippen LogP contribution in [0, 0.1) is 20.8 Å². The summed E-state index contributed by atoms with van der Waals surface area (Å²) in [6.07, 6.45) is 1.88. The lowest BCUT2D eigenvalue weighted by Crippen LogP contribution is -2.20. The van der Waals surface area contributed by atoms with E-state index in [1.165, 1.54) is 0 Å². The summed E-state index contributed by atoms with van der Waals surface area (Å²) in [5.74, 6) is 0.864. The minimum Gasteiger partial charge on any atom is -0.496 e. The van der Waals surface area contributed by atoms with Gasteiger partial charge in [-0.2, -0.15) is 0 Å². The number of pyridine rings is 1. The van der Waals surface area contributed by atoms with Gasteiger partial charge in [-0.3, -0.25) is 4.79 Å². The third kappa shape index (κ3) is 3.35. The second-order valence-electron chi connectivity index (χ2n) is 4.89. The monoisotopic (exact) mass is 287 g/mol. The molecule has 0 saturated carbocycles. The molecule has 21 heavy (non-hydrogen) atoms. The van der Waals surface area contributed by atoms with Gasteiger partial charge in [-0.15, -0.1) is 0 Å². The van der Waals surface area contributed by atoms with E-state index in [9.17, 15) is 4.79 Å². The molecule has 0 unspecified atom stereocenters. The summed E-state index contributed by atoms with van der Waals surface area (Å²) in [6, 6.07) is 6.11. The molecule has 0 aliphatic carbocycles. The Labute approximate surface area is 127 Å². The van der Waals surface area contributed by atoms with Gasteiger partial charge < -0.3 is 9.30 Å². The van der Waals surface area contributed by atoms with E-state index in [0.717, 1.165) is 33.6 Å². The molecule has 0 aliphatic rings. The van der Waals surface area contributed by atoms with Crippen LogP contribution in [0.25, 0.3) is 11.1 Å². The quantitative estimate of drug-likeness (QED) is 0.835. The van der Waals surface area contributed by atoms with Gasteiger partial charge in [0, 0.05) is 24.4 Å². The minimum absolute atomic E-state index is 0.0559. The number of benzene rings is 1. The highest BCUT2D eigenvalue weighted by Crippen LogP contribution is 2.29. The highest BCUT2D eigenvalue weighted by atomic mass is 16.5. The Kier molecular flexibility index (Phi) is 5.77. The summed E-state index contributed by atoms with van der Waals surface area (Å²) >= 11 is 0. The molecular formula is C18H25NO2. The highest BCUT2D eigenvalue weighted by Gasteiger charge is 2.10. The Morgan fingerprint density at radius 2 is 1.67 bits per heavy atom. The topological polar surface area (TPSA) is 31.2 Å². The molecule has 3 nitrogen and oxygen atoms in total. The van der Waals surface area contributed by atoms with Crippen LogP contribution in [0.15, 0.2) is 29.2 Å². The van der Waals surface area contributed by atoms with Gasteiger partial charge in [-0.05, 0) is 43.5 Å². The third-order valence-electron chi connectivity index (χ3n) is 3.65. The summed E-state index contributed by atoms with van der Waals surface area (Å²) in [5.41, 5.74) is 5.11. The van der Waals surface area contributed by atoms with Crippen molar-refractivity contribution in [3.8, 4) is 16.9 Å². The predicted octanol–water partition coefficient (Wildman–Crippen LogP) is 4.01. The van der Waals surface area contributed by atoms with Crippen LogP contribution >= 0.6 is 0 Å². The van der Waals surface area contributed by atoms with Crippen molar-refractivity contribution in [2.24, 2.45) is 7.05 Å². The maximum absolute atomic E-state index is 11.9. The maximum atomic E-state index is 11.9. The van der Waals surface area contributed by atoms with Crippen molar-refractivity contribution in [3.05, 3.63) is 51.4 Å². The SMILES string of the molecule is CC.COc1cc(-c2cn(C)c(=O)c(C)c2C)ccc1C. The number of nitrogens with zero attached hydrogens (tertiary/aromatic N) is 1. The molecule has 0 saturated heterocycles. The molecule has 0 atom stereocenters. The molecule has 0 fully saturated rings. The van der Waals surface area contributed by atoms with E-state index in [0.29, 0.717) is 0 Å². The van der Waals surface area contributed by atoms with Crippen LogP contribution in [0.3, 0.4) is 0 Å². The van der Waals surface area contributed by atoms with E-state index in [2.05, 4.69) is 6.07 Å². The number of aryl methyl sites for hydroxylation is 2. The van der Waals surface area contributed by atoms with Crippen molar-refractivity contribution in [1.29, 1.82) is 0 Å². The molecule has 1 heterocycles. The Morgan fingerprint density at radius 1 is 1.05 bits per heavy atom. The summed E-state index contributed by atoms with van der Waals surface area (Å²) in [5, 5.41) is 0. The molecule has 0 amide bonds. The average Bonchev–Trinajstić information content (AvgIpc) is 2.51. The summed E-state index contributed by atoms with van der Waals surface area (Å²) < 4.78 is 6.99. The molecule has 1 aromatic heterocycles. The van der Waals surface area contributed by atoms with Crippen LogP contribution in [-0.2, 0) is 7.05 Å². The largest absolute Gasteiger partial charge is 0.496 e. The van der Waals surface area contributed by atoms with Crippen molar-refractivity contribution < 1.29 is 4.74 Å². The van der Waals surface area contributed by atoms with Crippen molar-refractivity contribution in [1.82, 2.24) is 4.57 Å². The van der Waals surface area contributed by atoms with E-state index in [4.69, 9.17) is 4.74 Å². The molecule has 1 aromatic carbocycles. The third-order valence-corrected chi connectivity index (χ3v) is 3.65. The lowest BCUT2D eigenvalue weighted by molar-refractivity contribution is 0.412. The zero-order chi connectivity index (χ0) is 16.2. The number of hydrogen-bond donors (Lipinski definition) is 0. The van der Waals surface area contributed by atoms with Gasteiger partial charge in [0.1, 0.15) is 5.75 Å². The first-order valence-electron chi connectivity index (χ1n) is 7.27. The van der Waals surface area contributed by atoms with Gasteiger partial charge in [0.25, 0.3) is 5.56 Å². The fourth-order valence-corrected chi connectivity index (χ4v) is 2.25.